The van der Waals surface area contributed by atoms with Crippen molar-refractivity contribution in [3.63, 3.8) is 0 Å². The van der Waals surface area contributed by atoms with Crippen LogP contribution in [0.4, 0.5) is 21.8 Å². The molecule has 1 aromatic heterocycles. The number of nitrogens with one attached hydrogen (secondary N) is 2. The van der Waals surface area contributed by atoms with Crippen molar-refractivity contribution in [3.05, 3.63) is 70.6 Å². The zero-order valence-corrected chi connectivity index (χ0v) is 13.7. The van der Waals surface area contributed by atoms with E-state index in [-0.39, 0.29) is 5.82 Å². The minimum atomic E-state index is -0.264. The van der Waals surface area contributed by atoms with Gasteiger partial charge < -0.3 is 10.6 Å². The summed E-state index contributed by atoms with van der Waals surface area (Å²) in [6, 6.07) is 12.1. The Bertz CT molecular complexity index is 856. The van der Waals surface area contributed by atoms with E-state index in [0.717, 1.165) is 11.3 Å². The third-order valence-electron chi connectivity index (χ3n) is 3.42. The Morgan fingerprint density at radius 2 is 2.00 bits per heavy atom. The Morgan fingerprint density at radius 1 is 1.17 bits per heavy atom. The molecular weight excluding hydrogens is 329 g/mol. The summed E-state index contributed by atoms with van der Waals surface area (Å²) in [6.07, 6.45) is 1.48. The van der Waals surface area contributed by atoms with Gasteiger partial charge in [0.05, 0.1) is 6.20 Å². The lowest BCUT2D eigenvalue weighted by molar-refractivity contribution is 0.613. The van der Waals surface area contributed by atoms with Crippen LogP contribution >= 0.6 is 11.6 Å². The summed E-state index contributed by atoms with van der Waals surface area (Å²) in [6.45, 7) is 2.26. The van der Waals surface area contributed by atoms with Crippen molar-refractivity contribution in [2.45, 2.75) is 13.5 Å². The third-order valence-corrected chi connectivity index (χ3v) is 3.66. The van der Waals surface area contributed by atoms with Crippen molar-refractivity contribution in [3.8, 4) is 0 Å². The molecule has 0 saturated heterocycles. The van der Waals surface area contributed by atoms with Crippen LogP contribution in [0.15, 0.2) is 48.7 Å². The van der Waals surface area contributed by atoms with E-state index in [0.29, 0.717) is 28.9 Å². The van der Waals surface area contributed by atoms with Gasteiger partial charge in [-0.05, 0) is 30.7 Å². The van der Waals surface area contributed by atoms with Crippen LogP contribution in [0.3, 0.4) is 0 Å². The molecule has 0 aliphatic heterocycles. The summed E-state index contributed by atoms with van der Waals surface area (Å²) in [5, 5.41) is 14.6. The van der Waals surface area contributed by atoms with E-state index in [1.807, 2.05) is 19.1 Å². The average Bonchev–Trinajstić information content (AvgIpc) is 2.58. The van der Waals surface area contributed by atoms with Gasteiger partial charge in [0.15, 0.2) is 5.82 Å². The second-order valence-corrected chi connectivity index (χ2v) is 5.63. The third kappa shape index (κ3) is 3.97. The van der Waals surface area contributed by atoms with Gasteiger partial charge in [-0.25, -0.2) is 4.39 Å². The van der Waals surface area contributed by atoms with Gasteiger partial charge in [-0.2, -0.15) is 10.1 Å². The summed E-state index contributed by atoms with van der Waals surface area (Å²) >= 11 is 6.00. The number of hydrogen-bond donors (Lipinski definition) is 2. The quantitative estimate of drug-likeness (QED) is 0.722. The molecule has 0 saturated carbocycles. The van der Waals surface area contributed by atoms with Crippen LogP contribution in [0.5, 0.6) is 0 Å². The average molecular weight is 344 g/mol. The topological polar surface area (TPSA) is 62.7 Å². The monoisotopic (exact) mass is 343 g/mol. The number of benzene rings is 2. The Morgan fingerprint density at radius 3 is 2.83 bits per heavy atom. The van der Waals surface area contributed by atoms with Crippen LogP contribution in [0, 0.1) is 12.7 Å². The molecule has 0 amide bonds. The molecule has 3 rings (SSSR count). The molecule has 2 aromatic carbocycles. The lowest BCUT2D eigenvalue weighted by atomic mass is 10.2. The van der Waals surface area contributed by atoms with Crippen LogP contribution in [0.1, 0.15) is 11.1 Å². The number of nitrogens with zero attached hydrogens (tertiary/aromatic N) is 3. The molecule has 0 aliphatic carbocycles. The van der Waals surface area contributed by atoms with E-state index in [1.54, 1.807) is 24.3 Å². The Balaban J connectivity index is 1.72. The first-order valence-electron chi connectivity index (χ1n) is 7.32. The number of rotatable bonds is 5. The molecule has 2 N–H and O–H groups in total. The van der Waals surface area contributed by atoms with Crippen molar-refractivity contribution < 1.29 is 4.39 Å². The molecule has 0 radical (unpaired) electrons. The number of aryl methyl sites for hydroxylation is 1. The molecule has 5 nitrogen and oxygen atoms in total. The van der Waals surface area contributed by atoms with Gasteiger partial charge in [0.1, 0.15) is 5.82 Å². The van der Waals surface area contributed by atoms with E-state index in [1.165, 1.54) is 12.3 Å². The highest BCUT2D eigenvalue weighted by molar-refractivity contribution is 6.30. The van der Waals surface area contributed by atoms with E-state index in [9.17, 15) is 4.39 Å². The van der Waals surface area contributed by atoms with Crippen molar-refractivity contribution in [2.24, 2.45) is 0 Å². The smallest absolute Gasteiger partial charge is 0.249 e. The lowest BCUT2D eigenvalue weighted by Crippen LogP contribution is -2.07. The molecule has 24 heavy (non-hydrogen) atoms. The number of aromatic nitrogens is 3. The van der Waals surface area contributed by atoms with Crippen molar-refractivity contribution >= 4 is 29.1 Å². The van der Waals surface area contributed by atoms with Crippen LogP contribution in [0.25, 0.3) is 0 Å². The highest BCUT2D eigenvalue weighted by Crippen LogP contribution is 2.22. The van der Waals surface area contributed by atoms with Crippen molar-refractivity contribution in [2.75, 3.05) is 10.6 Å². The predicted octanol–water partition coefficient (Wildman–Crippen LogP) is 4.33. The zero-order valence-electron chi connectivity index (χ0n) is 12.9. The summed E-state index contributed by atoms with van der Waals surface area (Å²) in [7, 11) is 0. The van der Waals surface area contributed by atoms with E-state index < -0.39 is 0 Å². The maximum atomic E-state index is 13.6. The molecule has 1 heterocycles. The van der Waals surface area contributed by atoms with Crippen LogP contribution < -0.4 is 10.6 Å². The van der Waals surface area contributed by atoms with Crippen LogP contribution in [-0.2, 0) is 6.54 Å². The van der Waals surface area contributed by atoms with E-state index in [2.05, 4.69) is 25.8 Å². The van der Waals surface area contributed by atoms with Gasteiger partial charge in [-0.15, -0.1) is 5.10 Å². The summed E-state index contributed by atoms with van der Waals surface area (Å²) in [5.74, 6) is 0.564. The highest BCUT2D eigenvalue weighted by atomic mass is 35.5. The molecule has 122 valence electrons. The second-order valence-electron chi connectivity index (χ2n) is 5.19. The SMILES string of the molecule is Cc1ccc(Cl)cc1Nc1nncc(NCc2ccccc2F)n1. The number of hydrogen-bond acceptors (Lipinski definition) is 5. The molecule has 0 aliphatic rings. The van der Waals surface area contributed by atoms with Gasteiger partial charge in [0.25, 0.3) is 0 Å². The lowest BCUT2D eigenvalue weighted by Gasteiger charge is -2.10. The second kappa shape index (κ2) is 7.23. The first-order valence-corrected chi connectivity index (χ1v) is 7.70. The largest absolute Gasteiger partial charge is 0.364 e. The molecule has 3 aromatic rings. The van der Waals surface area contributed by atoms with Crippen molar-refractivity contribution in [1.29, 1.82) is 0 Å². The fourth-order valence-corrected chi connectivity index (χ4v) is 2.29. The standard InChI is InChI=1S/C17H15ClFN5/c1-11-6-7-13(18)8-15(11)22-17-23-16(10-21-24-17)20-9-12-4-2-3-5-14(12)19/h2-8,10H,9H2,1H3,(H2,20,22,23,24). The Kier molecular flexibility index (Phi) is 4.86. The molecule has 0 unspecified atom stereocenters. The van der Waals surface area contributed by atoms with Gasteiger partial charge in [0.2, 0.25) is 5.95 Å². The van der Waals surface area contributed by atoms with Crippen LogP contribution in [0.2, 0.25) is 5.02 Å². The normalized spacial score (nSPS) is 10.5. The van der Waals surface area contributed by atoms with E-state index >= 15 is 0 Å². The first-order chi connectivity index (χ1) is 11.6. The fraction of sp³-hybridized carbons (Fsp3) is 0.118. The Hall–Kier alpha value is -2.73. The summed E-state index contributed by atoms with van der Waals surface area (Å²) in [4.78, 5) is 4.32. The van der Waals surface area contributed by atoms with Gasteiger partial charge in [0, 0.05) is 22.8 Å². The van der Waals surface area contributed by atoms with Gasteiger partial charge in [-0.1, -0.05) is 35.9 Å². The number of halogens is 2. The molecule has 7 heteroatoms. The molecule has 0 fully saturated rings. The van der Waals surface area contributed by atoms with Crippen LogP contribution in [-0.4, -0.2) is 15.2 Å². The van der Waals surface area contributed by atoms with Crippen molar-refractivity contribution in [1.82, 2.24) is 15.2 Å². The molecule has 0 spiro atoms. The van der Waals surface area contributed by atoms with Gasteiger partial charge >= 0.3 is 0 Å². The Labute approximate surface area is 143 Å². The maximum absolute atomic E-state index is 13.6. The minimum absolute atomic E-state index is 0.264. The fourth-order valence-electron chi connectivity index (χ4n) is 2.12. The number of anilines is 3. The maximum Gasteiger partial charge on any atom is 0.249 e. The highest BCUT2D eigenvalue weighted by Gasteiger charge is 2.06. The first kappa shape index (κ1) is 16.1. The minimum Gasteiger partial charge on any atom is -0.364 e. The van der Waals surface area contributed by atoms with E-state index in [4.69, 9.17) is 11.6 Å². The van der Waals surface area contributed by atoms with Gasteiger partial charge in [-0.3, -0.25) is 0 Å². The predicted molar refractivity (Wildman–Crippen MR) is 93.0 cm³/mol. The zero-order chi connectivity index (χ0) is 16.9. The summed E-state index contributed by atoms with van der Waals surface area (Å²) < 4.78 is 13.6. The molecule has 0 atom stereocenters. The molecule has 0 bridgehead atoms. The summed E-state index contributed by atoms with van der Waals surface area (Å²) in [5.41, 5.74) is 2.36. The molecular formula is C17H15ClFN5.